The van der Waals surface area contributed by atoms with Gasteiger partial charge in [-0.3, -0.25) is 4.79 Å². The van der Waals surface area contributed by atoms with Crippen LogP contribution >= 0.6 is 0 Å². The molecule has 6 heteroatoms. The number of hydrogen-bond donors (Lipinski definition) is 3. The molecule has 1 amide bonds. The van der Waals surface area contributed by atoms with Gasteiger partial charge in [-0.05, 0) is 30.3 Å². The van der Waals surface area contributed by atoms with Crippen LogP contribution in [0.25, 0.3) is 0 Å². The maximum Gasteiger partial charge on any atom is 0.255 e. The Morgan fingerprint density at radius 2 is 1.95 bits per heavy atom. The van der Waals surface area contributed by atoms with Gasteiger partial charge < -0.3 is 16.2 Å². The molecule has 0 aliphatic carbocycles. The van der Waals surface area contributed by atoms with Crippen molar-refractivity contribution < 1.29 is 18.7 Å². The number of halogens is 2. The summed E-state index contributed by atoms with van der Waals surface area (Å²) in [5.41, 5.74) is 5.32. The molecule has 98 valence electrons. The third-order valence-corrected chi connectivity index (χ3v) is 2.49. The third kappa shape index (κ3) is 2.62. The Balaban J connectivity index is 2.26. The number of nitrogen functional groups attached to an aromatic ring is 1. The Bertz CT molecular complexity index is 645. The van der Waals surface area contributed by atoms with Crippen molar-refractivity contribution in [3.8, 4) is 5.75 Å². The second-order valence-electron chi connectivity index (χ2n) is 3.83. The fourth-order valence-corrected chi connectivity index (χ4v) is 1.48. The summed E-state index contributed by atoms with van der Waals surface area (Å²) in [6.07, 6.45) is 0. The van der Waals surface area contributed by atoms with Crippen LogP contribution in [-0.2, 0) is 0 Å². The van der Waals surface area contributed by atoms with Gasteiger partial charge in [0.25, 0.3) is 5.91 Å². The first-order valence-electron chi connectivity index (χ1n) is 5.33. The van der Waals surface area contributed by atoms with E-state index in [1.165, 1.54) is 24.3 Å². The summed E-state index contributed by atoms with van der Waals surface area (Å²) in [5.74, 6) is -3.14. The predicted molar refractivity (Wildman–Crippen MR) is 66.8 cm³/mol. The predicted octanol–water partition coefficient (Wildman–Crippen LogP) is 2.50. The van der Waals surface area contributed by atoms with Crippen molar-refractivity contribution >= 4 is 17.3 Å². The van der Waals surface area contributed by atoms with Crippen molar-refractivity contribution in [2.75, 3.05) is 11.1 Å². The number of nitrogens with one attached hydrogen (secondary N) is 1. The molecule has 0 heterocycles. The maximum atomic E-state index is 13.4. The highest BCUT2D eigenvalue weighted by atomic mass is 19.2. The van der Waals surface area contributed by atoms with Gasteiger partial charge in [-0.15, -0.1) is 0 Å². The number of hydrogen-bond acceptors (Lipinski definition) is 3. The Labute approximate surface area is 107 Å². The van der Waals surface area contributed by atoms with Gasteiger partial charge >= 0.3 is 0 Å². The molecular formula is C13H10F2N2O2. The summed E-state index contributed by atoms with van der Waals surface area (Å²) < 4.78 is 26.3. The lowest BCUT2D eigenvalue weighted by atomic mass is 10.1. The van der Waals surface area contributed by atoms with Crippen molar-refractivity contribution in [3.05, 3.63) is 53.6 Å². The first kappa shape index (κ1) is 12.8. The van der Waals surface area contributed by atoms with Gasteiger partial charge in [0.2, 0.25) is 0 Å². The average Bonchev–Trinajstić information content (AvgIpc) is 2.38. The van der Waals surface area contributed by atoms with E-state index in [0.717, 1.165) is 12.1 Å². The van der Waals surface area contributed by atoms with E-state index in [4.69, 9.17) is 5.73 Å². The number of nitrogens with two attached hydrogens (primary N) is 1. The molecule has 0 unspecified atom stereocenters. The van der Waals surface area contributed by atoms with E-state index >= 15 is 0 Å². The van der Waals surface area contributed by atoms with Gasteiger partial charge in [0, 0.05) is 5.56 Å². The molecular weight excluding hydrogens is 254 g/mol. The standard InChI is InChI=1S/C13H10F2N2O2/c14-8-2-1-3-10(12(8)15)17-13(19)7-4-5-9(16)11(18)6-7/h1-6,18H,16H2,(H,17,19). The largest absolute Gasteiger partial charge is 0.506 e. The molecule has 4 N–H and O–H groups in total. The number of benzene rings is 2. The van der Waals surface area contributed by atoms with E-state index in [1.54, 1.807) is 0 Å². The Morgan fingerprint density at radius 3 is 2.63 bits per heavy atom. The minimum absolute atomic E-state index is 0.0790. The second-order valence-corrected chi connectivity index (χ2v) is 3.83. The van der Waals surface area contributed by atoms with Crippen molar-refractivity contribution in [2.45, 2.75) is 0 Å². The van der Waals surface area contributed by atoms with Crippen LogP contribution in [0.15, 0.2) is 36.4 Å². The van der Waals surface area contributed by atoms with E-state index < -0.39 is 17.5 Å². The Hall–Kier alpha value is -2.63. The molecule has 0 saturated heterocycles. The van der Waals surface area contributed by atoms with Gasteiger partial charge in [0.15, 0.2) is 11.6 Å². The third-order valence-electron chi connectivity index (χ3n) is 2.49. The lowest BCUT2D eigenvalue weighted by molar-refractivity contribution is 0.102. The molecule has 0 saturated carbocycles. The molecule has 2 aromatic carbocycles. The normalized spacial score (nSPS) is 10.2. The Kier molecular flexibility index (Phi) is 3.33. The molecule has 0 aliphatic rings. The highest BCUT2D eigenvalue weighted by Crippen LogP contribution is 2.22. The molecule has 0 aromatic heterocycles. The molecule has 2 rings (SSSR count). The molecule has 0 fully saturated rings. The zero-order valence-corrected chi connectivity index (χ0v) is 9.65. The summed E-state index contributed by atoms with van der Waals surface area (Å²) >= 11 is 0. The smallest absolute Gasteiger partial charge is 0.255 e. The van der Waals surface area contributed by atoms with Crippen molar-refractivity contribution in [2.24, 2.45) is 0 Å². The number of aromatic hydroxyl groups is 1. The van der Waals surface area contributed by atoms with Crippen LogP contribution in [0.4, 0.5) is 20.2 Å². The number of phenolic OH excluding ortho intramolecular Hbond substituents is 1. The van der Waals surface area contributed by atoms with Crippen LogP contribution in [0.2, 0.25) is 0 Å². The van der Waals surface area contributed by atoms with Crippen LogP contribution in [0.5, 0.6) is 5.75 Å². The first-order valence-corrected chi connectivity index (χ1v) is 5.33. The van der Waals surface area contributed by atoms with Crippen molar-refractivity contribution in [1.82, 2.24) is 0 Å². The molecule has 0 atom stereocenters. The molecule has 19 heavy (non-hydrogen) atoms. The van der Waals surface area contributed by atoms with Crippen molar-refractivity contribution in [3.63, 3.8) is 0 Å². The SMILES string of the molecule is Nc1ccc(C(=O)Nc2cccc(F)c2F)cc1O. The second kappa shape index (κ2) is 4.93. The van der Waals surface area contributed by atoms with Crippen LogP contribution in [-0.4, -0.2) is 11.0 Å². The monoisotopic (exact) mass is 264 g/mol. The summed E-state index contributed by atoms with van der Waals surface area (Å²) in [6.45, 7) is 0. The van der Waals surface area contributed by atoms with E-state index in [9.17, 15) is 18.7 Å². The molecule has 2 aromatic rings. The summed E-state index contributed by atoms with van der Waals surface area (Å²) in [6, 6.07) is 7.29. The number of amides is 1. The summed E-state index contributed by atoms with van der Waals surface area (Å²) in [5, 5.41) is 11.6. The number of rotatable bonds is 2. The van der Waals surface area contributed by atoms with Crippen LogP contribution in [0.1, 0.15) is 10.4 Å². The van der Waals surface area contributed by atoms with Gasteiger partial charge in [0.05, 0.1) is 11.4 Å². The van der Waals surface area contributed by atoms with E-state index in [-0.39, 0.29) is 22.7 Å². The zero-order chi connectivity index (χ0) is 14.0. The highest BCUT2D eigenvalue weighted by Gasteiger charge is 2.13. The molecule has 0 radical (unpaired) electrons. The van der Waals surface area contributed by atoms with E-state index in [1.807, 2.05) is 0 Å². The Morgan fingerprint density at radius 1 is 1.21 bits per heavy atom. The highest BCUT2D eigenvalue weighted by molar-refractivity contribution is 6.04. The van der Waals surface area contributed by atoms with Gasteiger partial charge in [-0.25, -0.2) is 8.78 Å². The molecule has 0 aliphatic heterocycles. The lowest BCUT2D eigenvalue weighted by Crippen LogP contribution is -2.13. The minimum Gasteiger partial charge on any atom is -0.506 e. The molecule has 0 spiro atoms. The maximum absolute atomic E-state index is 13.4. The van der Waals surface area contributed by atoms with Crippen LogP contribution < -0.4 is 11.1 Å². The molecule has 0 bridgehead atoms. The first-order chi connectivity index (χ1) is 8.99. The number of anilines is 2. The fourth-order valence-electron chi connectivity index (χ4n) is 1.48. The quantitative estimate of drug-likeness (QED) is 0.576. The summed E-state index contributed by atoms with van der Waals surface area (Å²) in [4.78, 5) is 11.8. The zero-order valence-electron chi connectivity index (χ0n) is 9.65. The van der Waals surface area contributed by atoms with Crippen molar-refractivity contribution in [1.29, 1.82) is 0 Å². The van der Waals surface area contributed by atoms with E-state index in [0.29, 0.717) is 0 Å². The molecule has 4 nitrogen and oxygen atoms in total. The number of carbonyl (C=O) groups is 1. The van der Waals surface area contributed by atoms with Gasteiger partial charge in [-0.2, -0.15) is 0 Å². The van der Waals surface area contributed by atoms with Gasteiger partial charge in [0.1, 0.15) is 5.75 Å². The van der Waals surface area contributed by atoms with E-state index in [2.05, 4.69) is 5.32 Å². The minimum atomic E-state index is -1.14. The average molecular weight is 264 g/mol. The lowest BCUT2D eigenvalue weighted by Gasteiger charge is -2.07. The summed E-state index contributed by atoms with van der Waals surface area (Å²) in [7, 11) is 0. The fraction of sp³-hybridized carbons (Fsp3) is 0. The van der Waals surface area contributed by atoms with Gasteiger partial charge in [-0.1, -0.05) is 6.07 Å². The number of phenols is 1. The van der Waals surface area contributed by atoms with Crippen LogP contribution in [0, 0.1) is 11.6 Å². The topological polar surface area (TPSA) is 75.4 Å². The number of carbonyl (C=O) groups excluding carboxylic acids is 1. The van der Waals surface area contributed by atoms with Crippen LogP contribution in [0.3, 0.4) is 0 Å².